The number of hydrogen-bond donors (Lipinski definition) is 2. The van der Waals surface area contributed by atoms with Crippen LogP contribution in [0.2, 0.25) is 0 Å². The smallest absolute Gasteiger partial charge is 0.311 e. The number of nitrogens with one attached hydrogen (secondary N) is 2. The van der Waals surface area contributed by atoms with E-state index < -0.39 is 5.54 Å². The van der Waals surface area contributed by atoms with Crippen LogP contribution in [0.3, 0.4) is 0 Å². The summed E-state index contributed by atoms with van der Waals surface area (Å²) >= 11 is 0. The second-order valence-electron chi connectivity index (χ2n) is 5.91. The van der Waals surface area contributed by atoms with Gasteiger partial charge in [0.05, 0.1) is 0 Å². The molecule has 1 aromatic rings. The Morgan fingerprint density at radius 2 is 2.05 bits per heavy atom. The van der Waals surface area contributed by atoms with Crippen LogP contribution in [0.5, 0.6) is 0 Å². The molecule has 4 heteroatoms. The van der Waals surface area contributed by atoms with Crippen LogP contribution in [0.4, 0.5) is 4.79 Å². The van der Waals surface area contributed by atoms with Crippen LogP contribution >= 0.6 is 0 Å². The number of nitrogens with zero attached hydrogens (tertiary/aromatic N) is 1. The predicted octanol–water partition coefficient (Wildman–Crippen LogP) is 2.79. The quantitative estimate of drug-likeness (QED) is 0.850. The molecule has 0 aromatic heterocycles. The lowest BCUT2D eigenvalue weighted by Crippen LogP contribution is -2.51. The van der Waals surface area contributed by atoms with Crippen molar-refractivity contribution < 1.29 is 4.79 Å². The lowest BCUT2D eigenvalue weighted by atomic mass is 9.86. The molecule has 4 nitrogen and oxygen atoms in total. The van der Waals surface area contributed by atoms with Crippen molar-refractivity contribution in [2.24, 2.45) is 5.92 Å². The van der Waals surface area contributed by atoms with E-state index in [9.17, 15) is 4.79 Å². The maximum absolute atomic E-state index is 12.2. The first-order valence-electron chi connectivity index (χ1n) is 7.37. The topological polar surface area (TPSA) is 56.2 Å². The Kier molecular flexibility index (Phi) is 3.24. The molecule has 0 radical (unpaired) electrons. The van der Waals surface area contributed by atoms with E-state index in [1.807, 2.05) is 23.1 Å². The van der Waals surface area contributed by atoms with Crippen molar-refractivity contribution in [1.29, 1.82) is 5.41 Å². The van der Waals surface area contributed by atoms with Gasteiger partial charge < -0.3 is 4.90 Å². The number of urea groups is 1. The summed E-state index contributed by atoms with van der Waals surface area (Å²) in [5.41, 5.74) is 0.692. The van der Waals surface area contributed by atoms with Gasteiger partial charge in [-0.2, -0.15) is 0 Å². The summed E-state index contributed by atoms with van der Waals surface area (Å²) < 4.78 is 0. The first kappa shape index (κ1) is 13.2. The summed E-state index contributed by atoms with van der Waals surface area (Å²) in [6, 6.07) is 10.1. The highest BCUT2D eigenvalue weighted by Gasteiger charge is 2.50. The van der Waals surface area contributed by atoms with Crippen LogP contribution in [-0.2, 0) is 6.42 Å². The molecule has 1 unspecified atom stereocenters. The fourth-order valence-electron chi connectivity index (χ4n) is 3.05. The molecule has 1 atom stereocenters. The maximum atomic E-state index is 12.2. The van der Waals surface area contributed by atoms with Crippen molar-refractivity contribution >= 4 is 11.9 Å². The summed E-state index contributed by atoms with van der Waals surface area (Å²) in [7, 11) is 0. The van der Waals surface area contributed by atoms with Gasteiger partial charge in [0.2, 0.25) is 0 Å². The molecule has 3 rings (SSSR count). The first-order valence-corrected chi connectivity index (χ1v) is 7.37. The number of amides is 2. The number of carbonyl (C=O) groups excluding carboxylic acids is 1. The third-order valence-electron chi connectivity index (χ3n) is 4.52. The number of amidine groups is 1. The standard InChI is InChI=1S/C16H21N3O/c1-2-16(10-12-6-4-3-5-7-12)14(17)18-15(20)19(16)11-13-8-9-13/h3-7,13H,2,8-11H2,1H3,(H2,17,18,20). The van der Waals surface area contributed by atoms with Gasteiger partial charge in [-0.25, -0.2) is 4.79 Å². The van der Waals surface area contributed by atoms with Crippen molar-refractivity contribution in [3.05, 3.63) is 35.9 Å². The van der Waals surface area contributed by atoms with Crippen LogP contribution in [0.15, 0.2) is 30.3 Å². The summed E-state index contributed by atoms with van der Waals surface area (Å²) in [6.07, 6.45) is 3.91. The zero-order valence-corrected chi connectivity index (χ0v) is 11.9. The molecule has 1 aliphatic heterocycles. The van der Waals surface area contributed by atoms with Gasteiger partial charge in [0.15, 0.2) is 0 Å². The molecule has 20 heavy (non-hydrogen) atoms. The average Bonchev–Trinajstić information content (AvgIpc) is 3.23. The average molecular weight is 271 g/mol. The van der Waals surface area contributed by atoms with E-state index in [1.165, 1.54) is 18.4 Å². The predicted molar refractivity (Wildman–Crippen MR) is 78.9 cm³/mol. The van der Waals surface area contributed by atoms with Crippen LogP contribution < -0.4 is 5.32 Å². The molecule has 0 spiro atoms. The zero-order chi connectivity index (χ0) is 14.2. The highest BCUT2D eigenvalue weighted by atomic mass is 16.2. The normalized spacial score (nSPS) is 25.9. The largest absolute Gasteiger partial charge is 0.323 e. The molecular formula is C16H21N3O. The van der Waals surface area contributed by atoms with Crippen LogP contribution in [0.25, 0.3) is 0 Å². The lowest BCUT2D eigenvalue weighted by Gasteiger charge is -2.36. The van der Waals surface area contributed by atoms with E-state index in [0.717, 1.165) is 13.0 Å². The minimum absolute atomic E-state index is 0.0975. The summed E-state index contributed by atoms with van der Waals surface area (Å²) in [6.45, 7) is 2.85. The van der Waals surface area contributed by atoms with Gasteiger partial charge >= 0.3 is 6.03 Å². The SMILES string of the molecule is CCC1(Cc2ccccc2)C(=N)NC(=O)N1CC1CC1. The molecule has 0 bridgehead atoms. The Morgan fingerprint density at radius 1 is 1.35 bits per heavy atom. The van der Waals surface area contributed by atoms with Crippen molar-refractivity contribution in [2.45, 2.75) is 38.1 Å². The van der Waals surface area contributed by atoms with Crippen molar-refractivity contribution in [1.82, 2.24) is 10.2 Å². The Bertz CT molecular complexity index is 524. The Hall–Kier alpha value is -1.84. The highest BCUT2D eigenvalue weighted by molar-refractivity contribution is 6.08. The minimum atomic E-state index is -0.485. The monoisotopic (exact) mass is 271 g/mol. The summed E-state index contributed by atoms with van der Waals surface area (Å²) in [4.78, 5) is 14.1. The van der Waals surface area contributed by atoms with Crippen molar-refractivity contribution in [3.8, 4) is 0 Å². The lowest BCUT2D eigenvalue weighted by molar-refractivity contribution is 0.165. The molecule has 106 valence electrons. The maximum Gasteiger partial charge on any atom is 0.323 e. The van der Waals surface area contributed by atoms with E-state index in [-0.39, 0.29) is 6.03 Å². The second kappa shape index (κ2) is 4.93. The third-order valence-corrected chi connectivity index (χ3v) is 4.52. The third kappa shape index (κ3) is 2.19. The van der Waals surface area contributed by atoms with E-state index in [1.54, 1.807) is 0 Å². The van der Waals surface area contributed by atoms with Crippen LogP contribution in [-0.4, -0.2) is 28.9 Å². The van der Waals surface area contributed by atoms with Gasteiger partial charge in [-0.15, -0.1) is 0 Å². The molecule has 1 saturated heterocycles. The molecule has 1 saturated carbocycles. The van der Waals surface area contributed by atoms with Gasteiger partial charge in [0.1, 0.15) is 11.4 Å². The van der Waals surface area contributed by atoms with Gasteiger partial charge in [-0.1, -0.05) is 37.3 Å². The van der Waals surface area contributed by atoms with Gasteiger partial charge in [-0.05, 0) is 30.7 Å². The summed E-state index contributed by atoms with van der Waals surface area (Å²) in [5, 5.41) is 11.0. The Balaban J connectivity index is 1.90. The number of rotatable bonds is 5. The molecule has 1 heterocycles. The van der Waals surface area contributed by atoms with E-state index in [0.29, 0.717) is 18.2 Å². The van der Waals surface area contributed by atoms with Crippen molar-refractivity contribution in [3.63, 3.8) is 0 Å². The molecule has 2 fully saturated rings. The van der Waals surface area contributed by atoms with Gasteiger partial charge in [0.25, 0.3) is 0 Å². The van der Waals surface area contributed by atoms with E-state index in [4.69, 9.17) is 5.41 Å². The second-order valence-corrected chi connectivity index (χ2v) is 5.91. The molecule has 2 N–H and O–H groups in total. The molecule has 2 aliphatic rings. The van der Waals surface area contributed by atoms with E-state index >= 15 is 0 Å². The highest BCUT2D eigenvalue weighted by Crippen LogP contribution is 2.36. The Labute approximate surface area is 119 Å². The number of carbonyl (C=O) groups is 1. The van der Waals surface area contributed by atoms with Crippen molar-refractivity contribution in [2.75, 3.05) is 6.54 Å². The van der Waals surface area contributed by atoms with Crippen LogP contribution in [0.1, 0.15) is 31.7 Å². The van der Waals surface area contributed by atoms with Gasteiger partial charge in [-0.3, -0.25) is 10.7 Å². The molecule has 2 amide bonds. The van der Waals surface area contributed by atoms with E-state index in [2.05, 4.69) is 24.4 Å². The fraction of sp³-hybridized carbons (Fsp3) is 0.500. The fourth-order valence-corrected chi connectivity index (χ4v) is 3.05. The molecular weight excluding hydrogens is 250 g/mol. The Morgan fingerprint density at radius 3 is 2.65 bits per heavy atom. The minimum Gasteiger partial charge on any atom is -0.311 e. The number of benzene rings is 1. The molecule has 1 aliphatic carbocycles. The number of hydrogen-bond acceptors (Lipinski definition) is 2. The summed E-state index contributed by atoms with van der Waals surface area (Å²) in [5.74, 6) is 0.989. The first-order chi connectivity index (χ1) is 9.65. The zero-order valence-electron chi connectivity index (χ0n) is 11.9. The van der Waals surface area contributed by atoms with Crippen LogP contribution in [0, 0.1) is 11.3 Å². The molecule has 1 aromatic carbocycles. The van der Waals surface area contributed by atoms with Gasteiger partial charge in [0, 0.05) is 13.0 Å².